The summed E-state index contributed by atoms with van der Waals surface area (Å²) in [6.07, 6.45) is 38.7. The second-order valence-corrected chi connectivity index (χ2v) is 14.6. The van der Waals surface area contributed by atoms with Gasteiger partial charge in [-0.25, -0.2) is 0 Å². The maximum atomic E-state index is 12.6. The molecule has 5 nitrogen and oxygen atoms in total. The number of esters is 2. The van der Waals surface area contributed by atoms with Gasteiger partial charge in [0.2, 0.25) is 0 Å². The van der Waals surface area contributed by atoms with Crippen LogP contribution in [-0.4, -0.2) is 30.4 Å². The zero-order chi connectivity index (χ0) is 35.2. The summed E-state index contributed by atoms with van der Waals surface area (Å²) in [6, 6.07) is 0. The number of rotatable bonds is 39. The van der Waals surface area contributed by atoms with Crippen LogP contribution in [0.2, 0.25) is 0 Å². The molecule has 0 rings (SSSR count). The third kappa shape index (κ3) is 35.9. The van der Waals surface area contributed by atoms with E-state index in [2.05, 4.69) is 20.8 Å². The van der Waals surface area contributed by atoms with E-state index in [9.17, 15) is 14.4 Å². The van der Waals surface area contributed by atoms with Gasteiger partial charge in [-0.05, 0) is 57.8 Å². The summed E-state index contributed by atoms with van der Waals surface area (Å²) in [5.74, 6) is 0.338. The summed E-state index contributed by atoms with van der Waals surface area (Å²) < 4.78 is 11.3. The van der Waals surface area contributed by atoms with Crippen molar-refractivity contribution in [3.05, 3.63) is 0 Å². The van der Waals surface area contributed by atoms with Crippen molar-refractivity contribution in [2.45, 2.75) is 252 Å². The van der Waals surface area contributed by atoms with Gasteiger partial charge in [0.1, 0.15) is 11.9 Å². The SMILES string of the molecule is CCCCCCCCCC(=O)OCCCCCCCC(=O)CCCCCCCC(=O)OC(CCCCCCCC)CCCCCCCC. The Kier molecular flexibility index (Phi) is 37.3. The molecule has 0 aliphatic rings. The predicted octanol–water partition coefficient (Wildman–Crippen LogP) is 13.7. The molecule has 0 aromatic carbocycles. The van der Waals surface area contributed by atoms with Crippen molar-refractivity contribution in [3.8, 4) is 0 Å². The van der Waals surface area contributed by atoms with Crippen LogP contribution in [0.15, 0.2) is 0 Å². The van der Waals surface area contributed by atoms with Crippen molar-refractivity contribution in [2.24, 2.45) is 0 Å². The standard InChI is InChI=1S/C43H82O5/c1-4-7-10-13-16-23-30-37-42(45)47-39-32-25-18-20-27-34-40(44)33-26-19-17-24-31-38-43(46)48-41(35-28-21-14-11-8-5-2)36-29-22-15-12-9-6-3/h41H,4-39H2,1-3H3. The number of Topliss-reactive ketones (excluding diaryl/α,β-unsaturated/α-hetero) is 1. The third-order valence-electron chi connectivity index (χ3n) is 9.74. The monoisotopic (exact) mass is 679 g/mol. The molecule has 0 amide bonds. The van der Waals surface area contributed by atoms with Gasteiger partial charge in [0.05, 0.1) is 6.61 Å². The fourth-order valence-electron chi connectivity index (χ4n) is 6.50. The zero-order valence-corrected chi connectivity index (χ0v) is 32.6. The molecule has 5 heteroatoms. The van der Waals surface area contributed by atoms with Gasteiger partial charge in [0, 0.05) is 25.7 Å². The number of carbonyl (C=O) groups excluding carboxylic acids is 3. The number of unbranched alkanes of at least 4 members (excludes halogenated alkanes) is 24. The average Bonchev–Trinajstić information content (AvgIpc) is 3.07. The second-order valence-electron chi connectivity index (χ2n) is 14.6. The summed E-state index contributed by atoms with van der Waals surface area (Å²) in [7, 11) is 0. The minimum Gasteiger partial charge on any atom is -0.466 e. The molecule has 0 atom stereocenters. The van der Waals surface area contributed by atoms with Crippen molar-refractivity contribution in [3.63, 3.8) is 0 Å². The predicted molar refractivity (Wildman–Crippen MR) is 204 cm³/mol. The van der Waals surface area contributed by atoms with Gasteiger partial charge in [0.25, 0.3) is 0 Å². The van der Waals surface area contributed by atoms with E-state index in [1.54, 1.807) is 0 Å². The van der Waals surface area contributed by atoms with Crippen molar-refractivity contribution < 1.29 is 23.9 Å². The molecule has 0 N–H and O–H groups in total. The van der Waals surface area contributed by atoms with Crippen molar-refractivity contribution >= 4 is 17.7 Å². The molecule has 0 aromatic heterocycles. The first-order chi connectivity index (χ1) is 23.5. The minimum absolute atomic E-state index is 0.00744. The number of carbonyl (C=O) groups is 3. The highest BCUT2D eigenvalue weighted by Crippen LogP contribution is 2.19. The molecule has 0 heterocycles. The highest BCUT2D eigenvalue weighted by atomic mass is 16.5. The summed E-state index contributed by atoms with van der Waals surface area (Å²) >= 11 is 0. The molecule has 0 spiro atoms. The molecule has 48 heavy (non-hydrogen) atoms. The third-order valence-corrected chi connectivity index (χ3v) is 9.74. The van der Waals surface area contributed by atoms with Crippen LogP contribution in [0.25, 0.3) is 0 Å². The molecular formula is C43H82O5. The Bertz CT molecular complexity index is 689. The number of ketones is 1. The smallest absolute Gasteiger partial charge is 0.306 e. The van der Waals surface area contributed by atoms with E-state index in [0.717, 1.165) is 89.9 Å². The first kappa shape index (κ1) is 46.6. The maximum Gasteiger partial charge on any atom is 0.306 e. The lowest BCUT2D eigenvalue weighted by molar-refractivity contribution is -0.150. The highest BCUT2D eigenvalue weighted by molar-refractivity contribution is 5.78. The Morgan fingerprint density at radius 3 is 1.15 bits per heavy atom. The van der Waals surface area contributed by atoms with Gasteiger partial charge in [-0.1, -0.05) is 162 Å². The minimum atomic E-state index is -0.0435. The fourth-order valence-corrected chi connectivity index (χ4v) is 6.50. The van der Waals surface area contributed by atoms with Crippen molar-refractivity contribution in [2.75, 3.05) is 6.61 Å². The Morgan fingerprint density at radius 2 is 0.708 bits per heavy atom. The quantitative estimate of drug-likeness (QED) is 0.0478. The van der Waals surface area contributed by atoms with E-state index < -0.39 is 0 Å². The van der Waals surface area contributed by atoms with Crippen LogP contribution < -0.4 is 0 Å². The molecule has 0 unspecified atom stereocenters. The molecule has 0 aliphatic carbocycles. The van der Waals surface area contributed by atoms with Gasteiger partial charge in [-0.15, -0.1) is 0 Å². The van der Waals surface area contributed by atoms with Crippen molar-refractivity contribution in [1.29, 1.82) is 0 Å². The summed E-state index contributed by atoms with van der Waals surface area (Å²) in [6.45, 7) is 7.28. The van der Waals surface area contributed by atoms with Gasteiger partial charge < -0.3 is 9.47 Å². The molecule has 0 saturated heterocycles. The van der Waals surface area contributed by atoms with Gasteiger partial charge in [-0.2, -0.15) is 0 Å². The molecule has 0 radical (unpaired) electrons. The molecule has 284 valence electrons. The average molecular weight is 679 g/mol. The molecule has 0 bridgehead atoms. The van der Waals surface area contributed by atoms with Crippen LogP contribution in [0.1, 0.15) is 245 Å². The number of hydrogen-bond donors (Lipinski definition) is 0. The first-order valence-electron chi connectivity index (χ1n) is 21.4. The van der Waals surface area contributed by atoms with E-state index in [1.807, 2.05) is 0 Å². The number of hydrogen-bond acceptors (Lipinski definition) is 5. The molecule has 0 aliphatic heterocycles. The van der Waals surface area contributed by atoms with Gasteiger partial charge in [-0.3, -0.25) is 14.4 Å². The normalized spacial score (nSPS) is 11.3. The maximum absolute atomic E-state index is 12.6. The van der Waals surface area contributed by atoms with Crippen LogP contribution in [0, 0.1) is 0 Å². The highest BCUT2D eigenvalue weighted by Gasteiger charge is 2.14. The van der Waals surface area contributed by atoms with Crippen LogP contribution in [0.3, 0.4) is 0 Å². The lowest BCUT2D eigenvalue weighted by atomic mass is 10.0. The molecule has 0 aromatic rings. The second kappa shape index (κ2) is 38.4. The topological polar surface area (TPSA) is 69.7 Å². The van der Waals surface area contributed by atoms with Crippen LogP contribution in [0.4, 0.5) is 0 Å². The van der Waals surface area contributed by atoms with E-state index in [4.69, 9.17) is 9.47 Å². The Labute approximate surface area is 299 Å². The summed E-state index contributed by atoms with van der Waals surface area (Å²) in [4.78, 5) is 36.7. The molecule has 0 fully saturated rings. The fraction of sp³-hybridized carbons (Fsp3) is 0.930. The lowest BCUT2D eigenvalue weighted by Crippen LogP contribution is -2.18. The van der Waals surface area contributed by atoms with E-state index in [1.165, 1.54) is 109 Å². The van der Waals surface area contributed by atoms with Crippen LogP contribution in [0.5, 0.6) is 0 Å². The first-order valence-corrected chi connectivity index (χ1v) is 21.4. The lowest BCUT2D eigenvalue weighted by Gasteiger charge is -2.18. The summed E-state index contributed by atoms with van der Waals surface area (Å²) in [5, 5.41) is 0. The van der Waals surface area contributed by atoms with Gasteiger partial charge >= 0.3 is 11.9 Å². The van der Waals surface area contributed by atoms with Crippen LogP contribution in [-0.2, 0) is 23.9 Å². The van der Waals surface area contributed by atoms with E-state index in [0.29, 0.717) is 38.1 Å². The Balaban J connectivity index is 3.74. The van der Waals surface area contributed by atoms with Crippen LogP contribution >= 0.6 is 0 Å². The largest absolute Gasteiger partial charge is 0.466 e. The number of ether oxygens (including phenoxy) is 2. The van der Waals surface area contributed by atoms with E-state index in [-0.39, 0.29) is 18.0 Å². The van der Waals surface area contributed by atoms with Crippen molar-refractivity contribution in [1.82, 2.24) is 0 Å². The van der Waals surface area contributed by atoms with Gasteiger partial charge in [0.15, 0.2) is 0 Å². The molecule has 0 saturated carbocycles. The zero-order valence-electron chi connectivity index (χ0n) is 32.6. The Morgan fingerprint density at radius 1 is 0.375 bits per heavy atom. The Hall–Kier alpha value is -1.39. The molecular weight excluding hydrogens is 596 g/mol. The summed E-state index contributed by atoms with van der Waals surface area (Å²) in [5.41, 5.74) is 0. The van der Waals surface area contributed by atoms with E-state index >= 15 is 0 Å².